The molecule has 0 bridgehead atoms. The molecule has 1 aliphatic heterocycles. The number of halogens is 1. The first kappa shape index (κ1) is 16.7. The van der Waals surface area contributed by atoms with Gasteiger partial charge in [-0.1, -0.05) is 23.7 Å². The number of pyridine rings is 1. The van der Waals surface area contributed by atoms with E-state index in [0.29, 0.717) is 23.0 Å². The Labute approximate surface area is 156 Å². The van der Waals surface area contributed by atoms with Crippen LogP contribution in [-0.4, -0.2) is 30.1 Å². The molecular formula is C20H18ClN3O2. The van der Waals surface area contributed by atoms with Crippen LogP contribution >= 0.6 is 11.6 Å². The fraction of sp³-hybridized carbons (Fsp3) is 0.200. The molecule has 1 aromatic heterocycles. The van der Waals surface area contributed by atoms with Gasteiger partial charge in [-0.05, 0) is 36.4 Å². The minimum Gasteiger partial charge on any atom is -0.472 e. The largest absolute Gasteiger partial charge is 0.472 e. The minimum absolute atomic E-state index is 0.00758. The molecule has 1 atom stereocenters. The van der Waals surface area contributed by atoms with E-state index in [1.165, 1.54) is 0 Å². The number of ether oxygens (including phenoxy) is 1. The van der Waals surface area contributed by atoms with E-state index in [9.17, 15) is 4.79 Å². The highest BCUT2D eigenvalue weighted by Gasteiger charge is 2.26. The van der Waals surface area contributed by atoms with Crippen LogP contribution in [0, 0.1) is 0 Å². The highest BCUT2D eigenvalue weighted by atomic mass is 35.5. The lowest BCUT2D eigenvalue weighted by molar-refractivity contribution is 0.100. The summed E-state index contributed by atoms with van der Waals surface area (Å²) in [5.41, 5.74) is 7.73. The summed E-state index contributed by atoms with van der Waals surface area (Å²) in [5.74, 6) is 0.176. The topological polar surface area (TPSA) is 68.5 Å². The molecule has 2 N–H and O–H groups in total. The monoisotopic (exact) mass is 367 g/mol. The van der Waals surface area contributed by atoms with Gasteiger partial charge in [0.25, 0.3) is 5.91 Å². The lowest BCUT2D eigenvalue weighted by atomic mass is 10.1. The second-order valence-corrected chi connectivity index (χ2v) is 6.78. The number of carbonyl (C=O) groups excluding carboxylic acids is 1. The Bertz CT molecular complexity index is 976. The number of nitrogens with two attached hydrogens (primary N) is 1. The number of para-hydroxylation sites is 1. The summed E-state index contributed by atoms with van der Waals surface area (Å²) in [7, 11) is 0. The van der Waals surface area contributed by atoms with Gasteiger partial charge in [-0.15, -0.1) is 0 Å². The zero-order chi connectivity index (χ0) is 18.1. The molecule has 1 aliphatic rings. The van der Waals surface area contributed by atoms with Gasteiger partial charge in [-0.25, -0.2) is 4.98 Å². The van der Waals surface area contributed by atoms with Crippen molar-refractivity contribution < 1.29 is 9.53 Å². The number of anilines is 1. The van der Waals surface area contributed by atoms with Crippen molar-refractivity contribution in [1.29, 1.82) is 0 Å². The summed E-state index contributed by atoms with van der Waals surface area (Å²) in [6.07, 6.45) is 0.862. The normalized spacial score (nSPS) is 16.8. The first-order valence-electron chi connectivity index (χ1n) is 8.47. The molecule has 6 heteroatoms. The molecule has 0 spiro atoms. The number of fused-ring (bicyclic) bond motifs is 1. The second-order valence-electron chi connectivity index (χ2n) is 6.34. The van der Waals surface area contributed by atoms with E-state index in [-0.39, 0.29) is 6.10 Å². The van der Waals surface area contributed by atoms with Crippen molar-refractivity contribution in [3.63, 3.8) is 0 Å². The fourth-order valence-corrected chi connectivity index (χ4v) is 3.50. The number of nitrogens with zero attached hydrogens (tertiary/aromatic N) is 2. The summed E-state index contributed by atoms with van der Waals surface area (Å²) in [4.78, 5) is 18.3. The van der Waals surface area contributed by atoms with E-state index in [0.717, 1.165) is 29.6 Å². The molecule has 1 saturated heterocycles. The maximum Gasteiger partial charge on any atom is 0.250 e. The van der Waals surface area contributed by atoms with Crippen LogP contribution in [0.2, 0.25) is 5.02 Å². The van der Waals surface area contributed by atoms with Crippen molar-refractivity contribution in [3.8, 4) is 5.88 Å². The summed E-state index contributed by atoms with van der Waals surface area (Å²) < 4.78 is 6.06. The van der Waals surface area contributed by atoms with Gasteiger partial charge in [0.15, 0.2) is 0 Å². The Hall–Kier alpha value is -2.79. The standard InChI is InChI=1S/C20H18ClN3O2/c21-14-6-7-17-13(11-14)5-8-19(23-17)26-15-9-10-24(12-15)18-4-2-1-3-16(18)20(22)25/h1-8,11,15H,9-10,12H2,(H2,22,25). The molecule has 2 heterocycles. The van der Waals surface area contributed by atoms with Crippen LogP contribution in [0.1, 0.15) is 16.8 Å². The van der Waals surface area contributed by atoms with Crippen LogP contribution in [-0.2, 0) is 0 Å². The number of hydrogen-bond acceptors (Lipinski definition) is 4. The highest BCUT2D eigenvalue weighted by Crippen LogP contribution is 2.27. The molecule has 1 amide bonds. The first-order chi connectivity index (χ1) is 12.6. The van der Waals surface area contributed by atoms with E-state index in [1.54, 1.807) is 6.07 Å². The molecule has 2 aromatic carbocycles. The molecular weight excluding hydrogens is 350 g/mol. The van der Waals surface area contributed by atoms with Gasteiger partial charge in [0.2, 0.25) is 5.88 Å². The van der Waals surface area contributed by atoms with E-state index in [4.69, 9.17) is 22.1 Å². The highest BCUT2D eigenvalue weighted by molar-refractivity contribution is 6.31. The summed E-state index contributed by atoms with van der Waals surface area (Å²) in [6, 6.07) is 16.8. The SMILES string of the molecule is NC(=O)c1ccccc1N1CCC(Oc2ccc3cc(Cl)ccc3n2)C1. The van der Waals surface area contributed by atoms with Crippen LogP contribution in [0.15, 0.2) is 54.6 Å². The van der Waals surface area contributed by atoms with Gasteiger partial charge in [0.05, 0.1) is 17.6 Å². The van der Waals surface area contributed by atoms with E-state index < -0.39 is 5.91 Å². The predicted octanol–water partition coefficient (Wildman–Crippen LogP) is 3.64. The van der Waals surface area contributed by atoms with Gasteiger partial charge in [-0.3, -0.25) is 4.79 Å². The molecule has 1 unspecified atom stereocenters. The van der Waals surface area contributed by atoms with Crippen LogP contribution < -0.4 is 15.4 Å². The van der Waals surface area contributed by atoms with Crippen molar-refractivity contribution in [3.05, 3.63) is 65.2 Å². The maximum atomic E-state index is 11.6. The number of amides is 1. The molecule has 1 fully saturated rings. The summed E-state index contributed by atoms with van der Waals surface area (Å²) in [5, 5.41) is 1.67. The van der Waals surface area contributed by atoms with E-state index in [2.05, 4.69) is 9.88 Å². The Morgan fingerprint density at radius 2 is 2.04 bits per heavy atom. The van der Waals surface area contributed by atoms with Crippen molar-refractivity contribution in [2.24, 2.45) is 5.73 Å². The van der Waals surface area contributed by atoms with Gasteiger partial charge in [0.1, 0.15) is 6.10 Å². The molecule has 0 radical (unpaired) electrons. The Kier molecular flexibility index (Phi) is 4.39. The molecule has 4 rings (SSSR count). The molecule has 132 valence electrons. The smallest absolute Gasteiger partial charge is 0.250 e. The minimum atomic E-state index is -0.417. The third-order valence-corrected chi connectivity index (χ3v) is 4.80. The molecule has 0 aliphatic carbocycles. The third-order valence-electron chi connectivity index (χ3n) is 4.57. The number of primary amides is 1. The molecule has 0 saturated carbocycles. The number of benzene rings is 2. The quantitative estimate of drug-likeness (QED) is 0.764. The first-order valence-corrected chi connectivity index (χ1v) is 8.85. The second kappa shape index (κ2) is 6.84. The summed E-state index contributed by atoms with van der Waals surface area (Å²) >= 11 is 6.01. The maximum absolute atomic E-state index is 11.6. The number of carbonyl (C=O) groups is 1. The van der Waals surface area contributed by atoms with Crippen molar-refractivity contribution >= 4 is 34.1 Å². The lowest BCUT2D eigenvalue weighted by Crippen LogP contribution is -2.27. The third kappa shape index (κ3) is 3.30. The van der Waals surface area contributed by atoms with E-state index >= 15 is 0 Å². The molecule has 3 aromatic rings. The number of hydrogen-bond donors (Lipinski definition) is 1. The van der Waals surface area contributed by atoms with Crippen LogP contribution in [0.5, 0.6) is 5.88 Å². The number of aromatic nitrogens is 1. The van der Waals surface area contributed by atoms with Gasteiger partial charge in [0, 0.05) is 35.1 Å². The molecule has 5 nitrogen and oxygen atoms in total. The van der Waals surface area contributed by atoms with Crippen LogP contribution in [0.25, 0.3) is 10.9 Å². The fourth-order valence-electron chi connectivity index (χ4n) is 3.32. The van der Waals surface area contributed by atoms with Crippen molar-refractivity contribution in [2.75, 3.05) is 18.0 Å². The van der Waals surface area contributed by atoms with Crippen LogP contribution in [0.3, 0.4) is 0 Å². The van der Waals surface area contributed by atoms with Gasteiger partial charge in [-0.2, -0.15) is 0 Å². The van der Waals surface area contributed by atoms with Crippen molar-refractivity contribution in [2.45, 2.75) is 12.5 Å². The van der Waals surface area contributed by atoms with Gasteiger partial charge >= 0.3 is 0 Å². The lowest BCUT2D eigenvalue weighted by Gasteiger charge is -2.21. The van der Waals surface area contributed by atoms with Crippen molar-refractivity contribution in [1.82, 2.24) is 4.98 Å². The summed E-state index contributed by atoms with van der Waals surface area (Å²) in [6.45, 7) is 1.49. The predicted molar refractivity (Wildman–Crippen MR) is 103 cm³/mol. The number of rotatable bonds is 4. The van der Waals surface area contributed by atoms with Gasteiger partial charge < -0.3 is 15.4 Å². The molecule has 26 heavy (non-hydrogen) atoms. The average Bonchev–Trinajstić information content (AvgIpc) is 3.10. The zero-order valence-corrected chi connectivity index (χ0v) is 14.8. The zero-order valence-electron chi connectivity index (χ0n) is 14.1. The Balaban J connectivity index is 1.50. The van der Waals surface area contributed by atoms with E-state index in [1.807, 2.05) is 48.5 Å². The average molecular weight is 368 g/mol. The van der Waals surface area contributed by atoms with Crippen LogP contribution in [0.4, 0.5) is 5.69 Å². The Morgan fingerprint density at radius 3 is 2.88 bits per heavy atom. The Morgan fingerprint density at radius 1 is 1.19 bits per heavy atom.